The van der Waals surface area contributed by atoms with Crippen LogP contribution < -0.4 is 0 Å². The van der Waals surface area contributed by atoms with Crippen molar-refractivity contribution in [3.8, 4) is 11.3 Å². The van der Waals surface area contributed by atoms with Gasteiger partial charge in [0, 0.05) is 17.8 Å². The summed E-state index contributed by atoms with van der Waals surface area (Å²) in [5.74, 6) is 0.849. The van der Waals surface area contributed by atoms with Crippen LogP contribution in [0.2, 0.25) is 0 Å². The number of aromatic amines is 1. The highest BCUT2D eigenvalue weighted by atomic mass is 32.2. The van der Waals surface area contributed by atoms with E-state index in [2.05, 4.69) is 15.0 Å². The van der Waals surface area contributed by atoms with Gasteiger partial charge in [0.05, 0.1) is 16.9 Å². The van der Waals surface area contributed by atoms with Crippen molar-refractivity contribution >= 4 is 17.4 Å². The standard InChI is InChI=1S/C10H10N4O2S/c1-2-17-10-8(9-5-11-6-13-9)3-7(4-12-10)14(15)16/h3-6H,2H2,1H3,(H,11,13). The molecule has 0 saturated carbocycles. The maximum Gasteiger partial charge on any atom is 0.288 e. The molecule has 0 aliphatic carbocycles. The molecule has 0 spiro atoms. The molecule has 0 aliphatic rings. The molecule has 0 radical (unpaired) electrons. The van der Waals surface area contributed by atoms with Crippen molar-refractivity contribution in [3.63, 3.8) is 0 Å². The van der Waals surface area contributed by atoms with Crippen LogP contribution in [0.15, 0.2) is 29.8 Å². The molecule has 0 aromatic carbocycles. The van der Waals surface area contributed by atoms with Gasteiger partial charge < -0.3 is 4.98 Å². The first-order valence-corrected chi connectivity index (χ1v) is 5.97. The summed E-state index contributed by atoms with van der Waals surface area (Å²) in [4.78, 5) is 21.3. The van der Waals surface area contributed by atoms with Crippen molar-refractivity contribution in [2.75, 3.05) is 5.75 Å². The van der Waals surface area contributed by atoms with E-state index in [-0.39, 0.29) is 5.69 Å². The number of nitro groups is 1. The van der Waals surface area contributed by atoms with Crippen molar-refractivity contribution in [1.82, 2.24) is 15.0 Å². The molecule has 0 amide bonds. The van der Waals surface area contributed by atoms with Crippen molar-refractivity contribution in [3.05, 3.63) is 34.9 Å². The maximum atomic E-state index is 10.7. The number of pyridine rings is 1. The van der Waals surface area contributed by atoms with Gasteiger partial charge in [-0.3, -0.25) is 10.1 Å². The van der Waals surface area contributed by atoms with Crippen molar-refractivity contribution in [2.24, 2.45) is 0 Å². The third-order valence-electron chi connectivity index (χ3n) is 2.10. The summed E-state index contributed by atoms with van der Waals surface area (Å²) in [5, 5.41) is 11.5. The second kappa shape index (κ2) is 4.96. The predicted octanol–water partition coefficient (Wildman–Crippen LogP) is 2.49. The minimum atomic E-state index is -0.455. The second-order valence-corrected chi connectivity index (χ2v) is 4.44. The first kappa shape index (κ1) is 11.6. The van der Waals surface area contributed by atoms with Gasteiger partial charge in [-0.1, -0.05) is 6.92 Å². The molecule has 0 fully saturated rings. The van der Waals surface area contributed by atoms with Gasteiger partial charge in [-0.25, -0.2) is 9.97 Å². The molecule has 2 heterocycles. The van der Waals surface area contributed by atoms with Gasteiger partial charge in [-0.15, -0.1) is 11.8 Å². The smallest absolute Gasteiger partial charge is 0.288 e. The summed E-state index contributed by atoms with van der Waals surface area (Å²) in [5.41, 5.74) is 1.33. The van der Waals surface area contributed by atoms with Crippen molar-refractivity contribution < 1.29 is 4.92 Å². The molecule has 7 heteroatoms. The van der Waals surface area contributed by atoms with E-state index in [1.54, 1.807) is 6.20 Å². The third kappa shape index (κ3) is 2.44. The molecular weight excluding hydrogens is 240 g/mol. The molecule has 2 rings (SSSR count). The minimum absolute atomic E-state index is 0.0246. The van der Waals surface area contributed by atoms with Crippen LogP contribution in [0.25, 0.3) is 11.3 Å². The topological polar surface area (TPSA) is 84.7 Å². The molecule has 0 aliphatic heterocycles. The van der Waals surface area contributed by atoms with Crippen LogP contribution in [0, 0.1) is 10.1 Å². The lowest BCUT2D eigenvalue weighted by Crippen LogP contribution is -1.93. The number of rotatable bonds is 4. The number of hydrogen-bond acceptors (Lipinski definition) is 5. The zero-order valence-electron chi connectivity index (χ0n) is 9.08. The van der Waals surface area contributed by atoms with E-state index < -0.39 is 4.92 Å². The van der Waals surface area contributed by atoms with E-state index in [9.17, 15) is 10.1 Å². The molecule has 0 saturated heterocycles. The van der Waals surface area contributed by atoms with E-state index in [0.717, 1.165) is 10.8 Å². The summed E-state index contributed by atoms with van der Waals surface area (Å²) < 4.78 is 0. The molecular formula is C10H10N4O2S. The first-order chi connectivity index (χ1) is 8.22. The lowest BCUT2D eigenvalue weighted by Gasteiger charge is -2.04. The normalized spacial score (nSPS) is 10.4. The zero-order valence-corrected chi connectivity index (χ0v) is 9.90. The largest absolute Gasteiger partial charge is 0.351 e. The minimum Gasteiger partial charge on any atom is -0.351 e. The van der Waals surface area contributed by atoms with Gasteiger partial charge >= 0.3 is 0 Å². The Kier molecular flexibility index (Phi) is 3.38. The number of imidazole rings is 1. The lowest BCUT2D eigenvalue weighted by molar-refractivity contribution is -0.385. The monoisotopic (exact) mass is 250 g/mol. The molecule has 17 heavy (non-hydrogen) atoms. The quantitative estimate of drug-likeness (QED) is 0.512. The van der Waals surface area contributed by atoms with Crippen molar-refractivity contribution in [1.29, 1.82) is 0 Å². The van der Waals surface area contributed by atoms with E-state index in [1.807, 2.05) is 6.92 Å². The number of aromatic nitrogens is 3. The molecule has 88 valence electrons. The fourth-order valence-electron chi connectivity index (χ4n) is 1.38. The van der Waals surface area contributed by atoms with Gasteiger partial charge in [0.25, 0.3) is 5.69 Å². The molecule has 0 bridgehead atoms. The van der Waals surface area contributed by atoms with Crippen LogP contribution in [-0.2, 0) is 0 Å². The number of nitrogens with one attached hydrogen (secondary N) is 1. The van der Waals surface area contributed by atoms with E-state index in [1.165, 1.54) is 30.4 Å². The number of thioether (sulfide) groups is 1. The molecule has 1 N–H and O–H groups in total. The average Bonchev–Trinajstić information content (AvgIpc) is 2.83. The highest BCUT2D eigenvalue weighted by molar-refractivity contribution is 7.99. The first-order valence-electron chi connectivity index (χ1n) is 4.98. The molecule has 0 atom stereocenters. The zero-order chi connectivity index (χ0) is 12.3. The van der Waals surface area contributed by atoms with E-state index in [0.29, 0.717) is 11.3 Å². The Labute approximate surface area is 102 Å². The Balaban J connectivity index is 2.51. The SMILES string of the molecule is CCSc1ncc([N+](=O)[O-])cc1-c1c[nH]cn1. The van der Waals surface area contributed by atoms with Gasteiger partial charge in [-0.05, 0) is 5.75 Å². The summed E-state index contributed by atoms with van der Waals surface area (Å²) in [6.45, 7) is 2.00. The van der Waals surface area contributed by atoms with E-state index in [4.69, 9.17) is 0 Å². The Morgan fingerprint density at radius 1 is 1.53 bits per heavy atom. The summed E-state index contributed by atoms with van der Waals surface area (Å²) >= 11 is 1.53. The average molecular weight is 250 g/mol. The third-order valence-corrected chi connectivity index (χ3v) is 2.99. The van der Waals surface area contributed by atoms with Crippen LogP contribution in [0.1, 0.15) is 6.92 Å². The lowest BCUT2D eigenvalue weighted by atomic mass is 10.2. The summed E-state index contributed by atoms with van der Waals surface area (Å²) in [6.07, 6.45) is 4.50. The second-order valence-electron chi connectivity index (χ2n) is 3.19. The van der Waals surface area contributed by atoms with Gasteiger partial charge in [0.2, 0.25) is 0 Å². The fraction of sp³-hybridized carbons (Fsp3) is 0.200. The Bertz CT molecular complexity index is 527. The van der Waals surface area contributed by atoms with Gasteiger partial charge in [-0.2, -0.15) is 0 Å². The molecule has 6 nitrogen and oxygen atoms in total. The van der Waals surface area contributed by atoms with Crippen LogP contribution in [0.4, 0.5) is 5.69 Å². The fourth-order valence-corrected chi connectivity index (χ4v) is 2.10. The van der Waals surface area contributed by atoms with Crippen LogP contribution in [0.5, 0.6) is 0 Å². The summed E-state index contributed by atoms with van der Waals surface area (Å²) in [7, 11) is 0. The summed E-state index contributed by atoms with van der Waals surface area (Å²) in [6, 6.07) is 1.50. The number of hydrogen-bond donors (Lipinski definition) is 1. The molecule has 2 aromatic heterocycles. The van der Waals surface area contributed by atoms with Crippen LogP contribution in [0.3, 0.4) is 0 Å². The highest BCUT2D eigenvalue weighted by Gasteiger charge is 2.14. The van der Waals surface area contributed by atoms with Crippen LogP contribution >= 0.6 is 11.8 Å². The Morgan fingerprint density at radius 2 is 2.35 bits per heavy atom. The van der Waals surface area contributed by atoms with Gasteiger partial charge in [0.15, 0.2) is 0 Å². The molecule has 0 unspecified atom stereocenters. The Hall–Kier alpha value is -1.89. The van der Waals surface area contributed by atoms with Crippen molar-refractivity contribution in [2.45, 2.75) is 11.9 Å². The number of H-pyrrole nitrogens is 1. The molecule has 2 aromatic rings. The Morgan fingerprint density at radius 3 is 2.94 bits per heavy atom. The highest BCUT2D eigenvalue weighted by Crippen LogP contribution is 2.30. The van der Waals surface area contributed by atoms with Crippen LogP contribution in [-0.4, -0.2) is 25.6 Å². The predicted molar refractivity (Wildman–Crippen MR) is 64.9 cm³/mol. The maximum absolute atomic E-state index is 10.7. The number of nitrogens with zero attached hydrogens (tertiary/aromatic N) is 3. The van der Waals surface area contributed by atoms with Gasteiger partial charge in [0.1, 0.15) is 11.2 Å². The van der Waals surface area contributed by atoms with E-state index >= 15 is 0 Å².